The van der Waals surface area contributed by atoms with Crippen LogP contribution in [0.25, 0.3) is 0 Å². The van der Waals surface area contributed by atoms with Gasteiger partial charge in [-0.3, -0.25) is 4.79 Å². The Morgan fingerprint density at radius 1 is 1.21 bits per heavy atom. The average Bonchev–Trinajstić information content (AvgIpc) is 2.33. The zero-order valence-electron chi connectivity index (χ0n) is 10.3. The number of nitrogens with one attached hydrogen (secondary N) is 1. The molecule has 0 atom stereocenters. The molecule has 0 heterocycles. The van der Waals surface area contributed by atoms with E-state index in [1.807, 2.05) is 36.4 Å². The molecule has 0 spiro atoms. The number of carbonyl (C=O) groups is 1. The first kappa shape index (κ1) is 13.8. The van der Waals surface area contributed by atoms with Gasteiger partial charge in [0.25, 0.3) is 0 Å². The number of hydrogen-bond donors (Lipinski definition) is 2. The fraction of sp³-hybridized carbons (Fsp3) is 0.0714. The standard InChI is InChI=1S/C14H13ClN2OS/c1-9(18)17-14-8-12(5-6-13(14)16)19-11-4-2-3-10(15)7-11/h2-8H,16H2,1H3,(H,17,18). The minimum Gasteiger partial charge on any atom is -0.397 e. The number of anilines is 2. The molecule has 19 heavy (non-hydrogen) atoms. The monoisotopic (exact) mass is 292 g/mol. The summed E-state index contributed by atoms with van der Waals surface area (Å²) in [5.74, 6) is -0.142. The minimum absolute atomic E-state index is 0.142. The smallest absolute Gasteiger partial charge is 0.221 e. The van der Waals surface area contributed by atoms with Gasteiger partial charge in [0.1, 0.15) is 0 Å². The first-order chi connectivity index (χ1) is 9.04. The van der Waals surface area contributed by atoms with E-state index in [4.69, 9.17) is 17.3 Å². The molecule has 2 aromatic rings. The molecule has 0 aliphatic rings. The van der Waals surface area contributed by atoms with Crippen molar-refractivity contribution in [1.29, 1.82) is 0 Å². The Morgan fingerprint density at radius 3 is 2.63 bits per heavy atom. The van der Waals surface area contributed by atoms with Crippen LogP contribution in [-0.2, 0) is 4.79 Å². The summed E-state index contributed by atoms with van der Waals surface area (Å²) in [7, 11) is 0. The van der Waals surface area contributed by atoms with Gasteiger partial charge in [-0.15, -0.1) is 0 Å². The van der Waals surface area contributed by atoms with Crippen LogP contribution in [0.2, 0.25) is 5.02 Å². The van der Waals surface area contributed by atoms with Gasteiger partial charge in [-0.05, 0) is 36.4 Å². The van der Waals surface area contributed by atoms with E-state index in [1.54, 1.807) is 17.8 Å². The fourth-order valence-corrected chi connectivity index (χ4v) is 2.74. The van der Waals surface area contributed by atoms with Crippen LogP contribution in [-0.4, -0.2) is 5.91 Å². The van der Waals surface area contributed by atoms with Gasteiger partial charge < -0.3 is 11.1 Å². The van der Waals surface area contributed by atoms with Crippen LogP contribution >= 0.6 is 23.4 Å². The van der Waals surface area contributed by atoms with Crippen molar-refractivity contribution in [3.05, 3.63) is 47.5 Å². The van der Waals surface area contributed by atoms with Gasteiger partial charge in [-0.25, -0.2) is 0 Å². The molecular formula is C14H13ClN2OS. The van der Waals surface area contributed by atoms with Crippen molar-refractivity contribution in [2.75, 3.05) is 11.1 Å². The number of carbonyl (C=O) groups excluding carboxylic acids is 1. The topological polar surface area (TPSA) is 55.1 Å². The fourth-order valence-electron chi connectivity index (χ4n) is 1.56. The summed E-state index contributed by atoms with van der Waals surface area (Å²) in [4.78, 5) is 13.1. The lowest BCUT2D eigenvalue weighted by atomic mass is 10.2. The number of hydrogen-bond acceptors (Lipinski definition) is 3. The number of benzene rings is 2. The number of nitrogen functional groups attached to an aromatic ring is 1. The Labute approximate surface area is 121 Å². The quantitative estimate of drug-likeness (QED) is 0.840. The Hall–Kier alpha value is -1.65. The van der Waals surface area contributed by atoms with Crippen LogP contribution < -0.4 is 11.1 Å². The summed E-state index contributed by atoms with van der Waals surface area (Å²) >= 11 is 7.51. The maximum atomic E-state index is 11.1. The van der Waals surface area contributed by atoms with Crippen LogP contribution in [0.4, 0.5) is 11.4 Å². The second-order valence-corrected chi connectivity index (χ2v) is 5.57. The molecule has 0 aliphatic carbocycles. The molecule has 3 nitrogen and oxygen atoms in total. The van der Waals surface area contributed by atoms with Crippen LogP contribution in [0.15, 0.2) is 52.3 Å². The Morgan fingerprint density at radius 2 is 1.95 bits per heavy atom. The van der Waals surface area contributed by atoms with Crippen LogP contribution in [0.5, 0.6) is 0 Å². The van der Waals surface area contributed by atoms with E-state index < -0.39 is 0 Å². The summed E-state index contributed by atoms with van der Waals surface area (Å²) in [6, 6.07) is 13.1. The van der Waals surface area contributed by atoms with Crippen molar-refractivity contribution in [1.82, 2.24) is 0 Å². The van der Waals surface area contributed by atoms with Crippen molar-refractivity contribution in [2.45, 2.75) is 16.7 Å². The van der Waals surface area contributed by atoms with Gasteiger partial charge in [0.05, 0.1) is 11.4 Å². The molecule has 3 N–H and O–H groups in total. The van der Waals surface area contributed by atoms with Gasteiger partial charge in [0, 0.05) is 21.7 Å². The second-order valence-electron chi connectivity index (χ2n) is 3.99. The van der Waals surface area contributed by atoms with Crippen LogP contribution in [0.3, 0.4) is 0 Å². The molecule has 0 bridgehead atoms. The minimum atomic E-state index is -0.142. The van der Waals surface area contributed by atoms with E-state index in [0.717, 1.165) is 9.79 Å². The average molecular weight is 293 g/mol. The molecule has 0 unspecified atom stereocenters. The zero-order valence-corrected chi connectivity index (χ0v) is 11.9. The number of amides is 1. The van der Waals surface area contributed by atoms with Gasteiger partial charge in [-0.1, -0.05) is 29.4 Å². The largest absolute Gasteiger partial charge is 0.397 e. The summed E-state index contributed by atoms with van der Waals surface area (Å²) < 4.78 is 0. The molecule has 2 aromatic carbocycles. The molecule has 0 fully saturated rings. The first-order valence-electron chi connectivity index (χ1n) is 5.65. The van der Waals surface area contributed by atoms with Crippen molar-refractivity contribution in [3.63, 3.8) is 0 Å². The molecule has 1 amide bonds. The molecule has 0 saturated heterocycles. The number of rotatable bonds is 3. The van der Waals surface area contributed by atoms with Crippen molar-refractivity contribution >= 4 is 40.6 Å². The van der Waals surface area contributed by atoms with E-state index in [2.05, 4.69) is 5.32 Å². The van der Waals surface area contributed by atoms with Gasteiger partial charge in [-0.2, -0.15) is 0 Å². The third-order valence-corrected chi connectivity index (χ3v) is 3.58. The number of nitrogens with two attached hydrogens (primary N) is 1. The van der Waals surface area contributed by atoms with Crippen LogP contribution in [0.1, 0.15) is 6.92 Å². The summed E-state index contributed by atoms with van der Waals surface area (Å²) in [5.41, 5.74) is 6.98. The molecule has 0 aliphatic heterocycles. The van der Waals surface area contributed by atoms with Crippen LogP contribution in [0, 0.1) is 0 Å². The van der Waals surface area contributed by atoms with Gasteiger partial charge >= 0.3 is 0 Å². The highest BCUT2D eigenvalue weighted by Crippen LogP contribution is 2.32. The normalized spacial score (nSPS) is 10.2. The molecule has 0 saturated carbocycles. The van der Waals surface area contributed by atoms with E-state index in [-0.39, 0.29) is 5.91 Å². The molecule has 0 aromatic heterocycles. The van der Waals surface area contributed by atoms with Gasteiger partial charge in [0.15, 0.2) is 0 Å². The lowest BCUT2D eigenvalue weighted by molar-refractivity contribution is -0.114. The molecule has 5 heteroatoms. The lowest BCUT2D eigenvalue weighted by Crippen LogP contribution is -2.07. The third kappa shape index (κ3) is 3.91. The highest BCUT2D eigenvalue weighted by Gasteiger charge is 2.04. The van der Waals surface area contributed by atoms with Crippen molar-refractivity contribution in [3.8, 4) is 0 Å². The first-order valence-corrected chi connectivity index (χ1v) is 6.84. The predicted molar refractivity (Wildman–Crippen MR) is 80.7 cm³/mol. The molecule has 2 rings (SSSR count). The lowest BCUT2D eigenvalue weighted by Gasteiger charge is -2.09. The van der Waals surface area contributed by atoms with Crippen molar-refractivity contribution < 1.29 is 4.79 Å². The van der Waals surface area contributed by atoms with E-state index in [0.29, 0.717) is 16.4 Å². The highest BCUT2D eigenvalue weighted by molar-refractivity contribution is 7.99. The zero-order chi connectivity index (χ0) is 13.8. The highest BCUT2D eigenvalue weighted by atomic mass is 35.5. The maximum absolute atomic E-state index is 11.1. The molecule has 98 valence electrons. The summed E-state index contributed by atoms with van der Waals surface area (Å²) in [6.45, 7) is 1.45. The Balaban J connectivity index is 2.23. The van der Waals surface area contributed by atoms with Crippen molar-refractivity contribution in [2.24, 2.45) is 0 Å². The van der Waals surface area contributed by atoms with E-state index in [9.17, 15) is 4.79 Å². The SMILES string of the molecule is CC(=O)Nc1cc(Sc2cccc(Cl)c2)ccc1N. The number of halogens is 1. The summed E-state index contributed by atoms with van der Waals surface area (Å²) in [5, 5.41) is 3.40. The summed E-state index contributed by atoms with van der Waals surface area (Å²) in [6.07, 6.45) is 0. The Bertz CT molecular complexity index is 616. The van der Waals surface area contributed by atoms with E-state index in [1.165, 1.54) is 6.92 Å². The van der Waals surface area contributed by atoms with Gasteiger partial charge in [0.2, 0.25) is 5.91 Å². The predicted octanol–water partition coefficient (Wildman–Crippen LogP) is 4.03. The molecule has 0 radical (unpaired) electrons. The third-order valence-electron chi connectivity index (χ3n) is 2.37. The van der Waals surface area contributed by atoms with E-state index >= 15 is 0 Å². The second kappa shape index (κ2) is 5.99. The molecular weight excluding hydrogens is 280 g/mol. The maximum Gasteiger partial charge on any atom is 0.221 e. The Kier molecular flexibility index (Phi) is 4.35.